The van der Waals surface area contributed by atoms with Gasteiger partial charge in [-0.25, -0.2) is 9.37 Å². The second-order valence-corrected chi connectivity index (χ2v) is 5.53. The van der Waals surface area contributed by atoms with E-state index in [2.05, 4.69) is 10.3 Å². The number of hydrogen-bond donors (Lipinski definition) is 1. The highest BCUT2D eigenvalue weighted by molar-refractivity contribution is 5.76. The van der Waals surface area contributed by atoms with Crippen molar-refractivity contribution < 1.29 is 9.18 Å². The SMILES string of the molecule is CC[C@@H](C)NC(=O)Cn1c(-c2ccc(F)cc2)nc(C)cc1=O. The highest BCUT2D eigenvalue weighted by atomic mass is 19.1. The highest BCUT2D eigenvalue weighted by Crippen LogP contribution is 2.16. The lowest BCUT2D eigenvalue weighted by molar-refractivity contribution is -0.122. The summed E-state index contributed by atoms with van der Waals surface area (Å²) in [7, 11) is 0. The molecule has 2 rings (SSSR count). The van der Waals surface area contributed by atoms with Crippen molar-refractivity contribution in [1.29, 1.82) is 0 Å². The number of hydrogen-bond acceptors (Lipinski definition) is 3. The summed E-state index contributed by atoms with van der Waals surface area (Å²) in [5.74, 6) is -0.269. The van der Waals surface area contributed by atoms with Gasteiger partial charge in [0.15, 0.2) is 0 Å². The molecular weight excluding hydrogens is 297 g/mol. The fourth-order valence-electron chi connectivity index (χ4n) is 2.16. The fraction of sp³-hybridized carbons (Fsp3) is 0.353. The number of halogens is 1. The molecule has 1 aromatic heterocycles. The van der Waals surface area contributed by atoms with Crippen molar-refractivity contribution >= 4 is 5.91 Å². The molecule has 0 spiro atoms. The third kappa shape index (κ3) is 4.25. The van der Waals surface area contributed by atoms with E-state index < -0.39 is 0 Å². The van der Waals surface area contributed by atoms with Gasteiger partial charge in [-0.15, -0.1) is 0 Å². The van der Waals surface area contributed by atoms with Gasteiger partial charge in [0.25, 0.3) is 5.56 Å². The Kier molecular flexibility index (Phi) is 5.26. The molecule has 6 heteroatoms. The summed E-state index contributed by atoms with van der Waals surface area (Å²) in [5.41, 5.74) is 0.826. The van der Waals surface area contributed by atoms with Crippen molar-refractivity contribution in [2.45, 2.75) is 39.8 Å². The summed E-state index contributed by atoms with van der Waals surface area (Å²) in [6, 6.07) is 7.09. The first-order valence-corrected chi connectivity index (χ1v) is 7.54. The average molecular weight is 317 g/mol. The Morgan fingerprint density at radius 2 is 2.00 bits per heavy atom. The van der Waals surface area contributed by atoms with Gasteiger partial charge in [0.2, 0.25) is 5.91 Å². The van der Waals surface area contributed by atoms with Gasteiger partial charge in [0.1, 0.15) is 18.2 Å². The van der Waals surface area contributed by atoms with Crippen LogP contribution in [-0.2, 0) is 11.3 Å². The molecule has 5 nitrogen and oxygen atoms in total. The van der Waals surface area contributed by atoms with Gasteiger partial charge >= 0.3 is 0 Å². The molecule has 1 atom stereocenters. The van der Waals surface area contributed by atoms with E-state index in [1.54, 1.807) is 19.1 Å². The monoisotopic (exact) mass is 317 g/mol. The number of rotatable bonds is 5. The topological polar surface area (TPSA) is 64.0 Å². The van der Waals surface area contributed by atoms with E-state index in [-0.39, 0.29) is 29.9 Å². The van der Waals surface area contributed by atoms with Crippen LogP contribution in [-0.4, -0.2) is 21.5 Å². The molecule has 0 saturated carbocycles. The van der Waals surface area contributed by atoms with E-state index in [0.717, 1.165) is 6.42 Å². The van der Waals surface area contributed by atoms with Gasteiger partial charge in [-0.3, -0.25) is 14.2 Å². The summed E-state index contributed by atoms with van der Waals surface area (Å²) < 4.78 is 14.4. The van der Waals surface area contributed by atoms with Crippen molar-refractivity contribution in [3.63, 3.8) is 0 Å². The lowest BCUT2D eigenvalue weighted by Gasteiger charge is -2.15. The smallest absolute Gasteiger partial charge is 0.254 e. The summed E-state index contributed by atoms with van der Waals surface area (Å²) in [6.45, 7) is 5.45. The van der Waals surface area contributed by atoms with Crippen LogP contribution in [0.5, 0.6) is 0 Å². The Balaban J connectivity index is 2.40. The van der Waals surface area contributed by atoms with E-state index >= 15 is 0 Å². The molecular formula is C17H20FN3O2. The molecule has 122 valence electrons. The quantitative estimate of drug-likeness (QED) is 0.920. The molecule has 0 saturated heterocycles. The van der Waals surface area contributed by atoms with E-state index in [4.69, 9.17) is 0 Å². The van der Waals surface area contributed by atoms with Crippen LogP contribution in [0.25, 0.3) is 11.4 Å². The molecule has 0 radical (unpaired) electrons. The number of aryl methyl sites for hydroxylation is 1. The summed E-state index contributed by atoms with van der Waals surface area (Å²) in [6.07, 6.45) is 0.803. The maximum absolute atomic E-state index is 13.1. The summed E-state index contributed by atoms with van der Waals surface area (Å²) in [5, 5.41) is 2.82. The summed E-state index contributed by atoms with van der Waals surface area (Å²) in [4.78, 5) is 28.7. The second-order valence-electron chi connectivity index (χ2n) is 5.53. The van der Waals surface area contributed by atoms with Crippen LogP contribution in [0.15, 0.2) is 35.1 Å². The number of carbonyl (C=O) groups excluding carboxylic acids is 1. The average Bonchev–Trinajstić information content (AvgIpc) is 2.50. The number of aromatic nitrogens is 2. The van der Waals surface area contributed by atoms with Gasteiger partial charge < -0.3 is 5.32 Å². The Hall–Kier alpha value is -2.50. The number of benzene rings is 1. The van der Waals surface area contributed by atoms with Crippen molar-refractivity contribution in [2.75, 3.05) is 0 Å². The Bertz CT molecular complexity index is 753. The first-order valence-electron chi connectivity index (χ1n) is 7.54. The molecule has 0 unspecified atom stereocenters. The van der Waals surface area contributed by atoms with E-state index in [1.165, 1.54) is 22.8 Å². The molecule has 23 heavy (non-hydrogen) atoms. The molecule has 0 fully saturated rings. The minimum atomic E-state index is -0.371. The predicted octanol–water partition coefficient (Wildman–Crippen LogP) is 2.27. The standard InChI is InChI=1S/C17H20FN3O2/c1-4-11(2)19-15(22)10-21-16(23)9-12(3)20-17(21)13-5-7-14(18)8-6-13/h5-9,11H,4,10H2,1-3H3,(H,19,22)/t11-/m1/s1. The van der Waals surface area contributed by atoms with Crippen LogP contribution < -0.4 is 10.9 Å². The van der Waals surface area contributed by atoms with Gasteiger partial charge in [0.05, 0.1) is 0 Å². The summed E-state index contributed by atoms with van der Waals surface area (Å²) >= 11 is 0. The van der Waals surface area contributed by atoms with Crippen LogP contribution in [0.2, 0.25) is 0 Å². The molecule has 2 aromatic rings. The number of carbonyl (C=O) groups is 1. The molecule has 0 aliphatic rings. The Morgan fingerprint density at radius 1 is 1.35 bits per heavy atom. The van der Waals surface area contributed by atoms with Crippen molar-refractivity contribution in [3.05, 3.63) is 52.2 Å². The largest absolute Gasteiger partial charge is 0.352 e. The second kappa shape index (κ2) is 7.17. The van der Waals surface area contributed by atoms with Crippen LogP contribution in [0, 0.1) is 12.7 Å². The molecule has 1 aromatic carbocycles. The maximum atomic E-state index is 13.1. The molecule has 0 aliphatic carbocycles. The van der Waals surface area contributed by atoms with Crippen LogP contribution in [0.4, 0.5) is 4.39 Å². The van der Waals surface area contributed by atoms with Crippen molar-refractivity contribution in [2.24, 2.45) is 0 Å². The van der Waals surface area contributed by atoms with Crippen LogP contribution >= 0.6 is 0 Å². The lowest BCUT2D eigenvalue weighted by Crippen LogP contribution is -2.37. The molecule has 1 heterocycles. The number of nitrogens with zero attached hydrogens (tertiary/aromatic N) is 2. The van der Waals surface area contributed by atoms with Crippen molar-refractivity contribution in [3.8, 4) is 11.4 Å². The van der Waals surface area contributed by atoms with Gasteiger partial charge in [-0.05, 0) is 44.5 Å². The normalized spacial score (nSPS) is 12.0. The van der Waals surface area contributed by atoms with Crippen LogP contribution in [0.1, 0.15) is 26.0 Å². The molecule has 1 amide bonds. The fourth-order valence-corrected chi connectivity index (χ4v) is 2.16. The minimum Gasteiger partial charge on any atom is -0.352 e. The van der Waals surface area contributed by atoms with Crippen LogP contribution in [0.3, 0.4) is 0 Å². The van der Waals surface area contributed by atoms with Crippen molar-refractivity contribution in [1.82, 2.24) is 14.9 Å². The van der Waals surface area contributed by atoms with Gasteiger partial charge in [0, 0.05) is 23.4 Å². The predicted molar refractivity (Wildman–Crippen MR) is 86.5 cm³/mol. The molecule has 0 bridgehead atoms. The molecule has 1 N–H and O–H groups in total. The maximum Gasteiger partial charge on any atom is 0.254 e. The first-order chi connectivity index (χ1) is 10.9. The number of nitrogens with one attached hydrogen (secondary N) is 1. The lowest BCUT2D eigenvalue weighted by atomic mass is 10.2. The van der Waals surface area contributed by atoms with E-state index in [1.807, 2.05) is 13.8 Å². The van der Waals surface area contributed by atoms with Gasteiger partial charge in [-0.1, -0.05) is 6.92 Å². The van der Waals surface area contributed by atoms with Gasteiger partial charge in [-0.2, -0.15) is 0 Å². The number of amides is 1. The van der Waals surface area contributed by atoms with E-state index in [0.29, 0.717) is 17.1 Å². The third-order valence-electron chi connectivity index (χ3n) is 3.56. The van der Waals surface area contributed by atoms with E-state index in [9.17, 15) is 14.0 Å². The Morgan fingerprint density at radius 3 is 2.61 bits per heavy atom. The third-order valence-corrected chi connectivity index (χ3v) is 3.56. The molecule has 0 aliphatic heterocycles. The first kappa shape index (κ1) is 16.9. The zero-order chi connectivity index (χ0) is 17.0. The highest BCUT2D eigenvalue weighted by Gasteiger charge is 2.14. The zero-order valence-corrected chi connectivity index (χ0v) is 13.5. The Labute approximate surface area is 134 Å². The minimum absolute atomic E-state index is 0.0332. The zero-order valence-electron chi connectivity index (χ0n) is 13.5.